The average Bonchev–Trinajstić information content (AvgIpc) is 2.96. The molecule has 0 unspecified atom stereocenters. The summed E-state index contributed by atoms with van der Waals surface area (Å²) in [6.45, 7) is 0. The van der Waals surface area contributed by atoms with Crippen molar-refractivity contribution < 1.29 is 9.21 Å². The molecule has 84 valence electrons. The van der Waals surface area contributed by atoms with Gasteiger partial charge in [-0.25, -0.2) is 10.8 Å². The van der Waals surface area contributed by atoms with Crippen molar-refractivity contribution in [1.29, 1.82) is 0 Å². The summed E-state index contributed by atoms with van der Waals surface area (Å²) in [6, 6.07) is 1.76. The molecule has 0 radical (unpaired) electrons. The molecule has 0 aliphatic carbocycles. The van der Waals surface area contributed by atoms with Crippen LogP contribution in [-0.2, 0) is 5.75 Å². The number of nitrogens with zero attached hydrogens (tertiary/aromatic N) is 1. The molecule has 7 heteroatoms. The third-order valence-corrected chi connectivity index (χ3v) is 3.86. The van der Waals surface area contributed by atoms with Gasteiger partial charge in [0.1, 0.15) is 4.34 Å². The van der Waals surface area contributed by atoms with E-state index in [-0.39, 0.29) is 5.76 Å². The Bertz CT molecular complexity index is 467. The highest BCUT2D eigenvalue weighted by molar-refractivity contribution is 8.00. The molecule has 0 aromatic carbocycles. The first kappa shape index (κ1) is 11.2. The molecule has 0 aliphatic rings. The zero-order chi connectivity index (χ0) is 11.4. The number of thioether (sulfide) groups is 1. The van der Waals surface area contributed by atoms with Crippen molar-refractivity contribution in [3.8, 4) is 0 Å². The van der Waals surface area contributed by atoms with Gasteiger partial charge in [0.15, 0.2) is 5.76 Å². The summed E-state index contributed by atoms with van der Waals surface area (Å²) in [6.07, 6.45) is 3.22. The van der Waals surface area contributed by atoms with Crippen LogP contribution in [0.4, 0.5) is 0 Å². The Morgan fingerprint density at radius 2 is 2.56 bits per heavy atom. The van der Waals surface area contributed by atoms with Crippen molar-refractivity contribution in [3.63, 3.8) is 0 Å². The van der Waals surface area contributed by atoms with Crippen LogP contribution in [0.25, 0.3) is 0 Å². The Morgan fingerprint density at radius 1 is 1.69 bits per heavy atom. The Labute approximate surface area is 100 Å². The molecule has 2 heterocycles. The second kappa shape index (κ2) is 5.15. The predicted octanol–water partition coefficient (Wildman–Crippen LogP) is 1.63. The van der Waals surface area contributed by atoms with Crippen LogP contribution >= 0.6 is 23.1 Å². The second-order valence-electron chi connectivity index (χ2n) is 2.84. The van der Waals surface area contributed by atoms with E-state index in [1.54, 1.807) is 35.4 Å². The van der Waals surface area contributed by atoms with E-state index in [2.05, 4.69) is 4.98 Å². The maximum atomic E-state index is 11.3. The topological polar surface area (TPSA) is 81.1 Å². The normalized spacial score (nSPS) is 10.3. The summed E-state index contributed by atoms with van der Waals surface area (Å²) in [4.78, 5) is 15.4. The van der Waals surface area contributed by atoms with Gasteiger partial charge in [0.05, 0.1) is 6.26 Å². The van der Waals surface area contributed by atoms with Gasteiger partial charge in [-0.1, -0.05) is 11.8 Å². The number of hydrazine groups is 1. The van der Waals surface area contributed by atoms with Crippen molar-refractivity contribution >= 4 is 29.0 Å². The van der Waals surface area contributed by atoms with E-state index in [1.807, 2.05) is 10.8 Å². The molecule has 0 aliphatic heterocycles. The lowest BCUT2D eigenvalue weighted by atomic mass is 10.3. The van der Waals surface area contributed by atoms with Gasteiger partial charge in [-0.15, -0.1) is 11.3 Å². The Kier molecular flexibility index (Phi) is 3.60. The third-order valence-electron chi connectivity index (χ3n) is 1.84. The number of aromatic nitrogens is 1. The summed E-state index contributed by atoms with van der Waals surface area (Å²) in [5.41, 5.74) is 2.85. The zero-order valence-corrected chi connectivity index (χ0v) is 9.81. The van der Waals surface area contributed by atoms with Gasteiger partial charge in [0.2, 0.25) is 0 Å². The SMILES string of the molecule is NNC(=O)c1occc1CSc1nccs1. The molecule has 0 saturated carbocycles. The van der Waals surface area contributed by atoms with E-state index in [1.165, 1.54) is 6.26 Å². The number of furan rings is 1. The number of amides is 1. The largest absolute Gasteiger partial charge is 0.459 e. The minimum Gasteiger partial charge on any atom is -0.459 e. The predicted molar refractivity (Wildman–Crippen MR) is 62.0 cm³/mol. The van der Waals surface area contributed by atoms with Crippen LogP contribution in [0, 0.1) is 0 Å². The van der Waals surface area contributed by atoms with E-state index < -0.39 is 5.91 Å². The highest BCUT2D eigenvalue weighted by atomic mass is 32.2. The van der Waals surface area contributed by atoms with Crippen molar-refractivity contribution in [3.05, 3.63) is 35.2 Å². The van der Waals surface area contributed by atoms with E-state index in [0.717, 1.165) is 9.90 Å². The number of nitrogens with two attached hydrogens (primary N) is 1. The quantitative estimate of drug-likeness (QED) is 0.375. The lowest BCUT2D eigenvalue weighted by Crippen LogP contribution is -2.30. The van der Waals surface area contributed by atoms with Crippen LogP contribution < -0.4 is 11.3 Å². The number of carbonyl (C=O) groups is 1. The molecule has 0 saturated heterocycles. The molecular formula is C9H9N3O2S2. The fraction of sp³-hybridized carbons (Fsp3) is 0.111. The number of carbonyl (C=O) groups excluding carboxylic acids is 1. The first-order valence-corrected chi connectivity index (χ1v) is 6.27. The van der Waals surface area contributed by atoms with Crippen LogP contribution in [0.3, 0.4) is 0 Å². The summed E-state index contributed by atoms with van der Waals surface area (Å²) in [5, 5.41) is 1.91. The van der Waals surface area contributed by atoms with Crippen molar-refractivity contribution in [2.75, 3.05) is 0 Å². The van der Waals surface area contributed by atoms with E-state index >= 15 is 0 Å². The summed E-state index contributed by atoms with van der Waals surface area (Å²) >= 11 is 3.11. The van der Waals surface area contributed by atoms with Gasteiger partial charge in [0.25, 0.3) is 0 Å². The van der Waals surface area contributed by atoms with E-state index in [0.29, 0.717) is 5.75 Å². The molecule has 0 spiro atoms. The maximum absolute atomic E-state index is 11.3. The highest BCUT2D eigenvalue weighted by Crippen LogP contribution is 2.26. The Balaban J connectivity index is 2.04. The first-order valence-electron chi connectivity index (χ1n) is 4.41. The number of hydrogen-bond acceptors (Lipinski definition) is 6. The molecule has 2 aromatic rings. The van der Waals surface area contributed by atoms with E-state index in [9.17, 15) is 4.79 Å². The summed E-state index contributed by atoms with van der Waals surface area (Å²) in [7, 11) is 0. The average molecular weight is 255 g/mol. The number of nitrogen functional groups attached to an aromatic ring is 1. The zero-order valence-electron chi connectivity index (χ0n) is 8.17. The highest BCUT2D eigenvalue weighted by Gasteiger charge is 2.14. The molecule has 0 fully saturated rings. The Morgan fingerprint density at radius 3 is 3.25 bits per heavy atom. The Hall–Kier alpha value is -1.31. The van der Waals surface area contributed by atoms with Crippen LogP contribution in [0.2, 0.25) is 0 Å². The van der Waals surface area contributed by atoms with Crippen molar-refractivity contribution in [1.82, 2.24) is 10.4 Å². The minimum absolute atomic E-state index is 0.256. The molecule has 0 atom stereocenters. The molecular weight excluding hydrogens is 246 g/mol. The van der Waals surface area contributed by atoms with Crippen molar-refractivity contribution in [2.24, 2.45) is 5.84 Å². The van der Waals surface area contributed by atoms with Gasteiger partial charge in [0, 0.05) is 22.9 Å². The molecule has 3 N–H and O–H groups in total. The van der Waals surface area contributed by atoms with Gasteiger partial charge in [-0.2, -0.15) is 0 Å². The lowest BCUT2D eigenvalue weighted by molar-refractivity contribution is 0.0925. The van der Waals surface area contributed by atoms with Crippen LogP contribution in [0.1, 0.15) is 16.1 Å². The fourth-order valence-corrected chi connectivity index (χ4v) is 2.75. The summed E-state index contributed by atoms with van der Waals surface area (Å²) in [5.74, 6) is 5.52. The molecule has 1 amide bonds. The standard InChI is InChI=1S/C9H9N3O2S2/c10-12-8(13)7-6(1-3-14-7)5-16-9-11-2-4-15-9/h1-4H,5,10H2,(H,12,13). The molecule has 2 rings (SSSR count). The lowest BCUT2D eigenvalue weighted by Gasteiger charge is -1.99. The monoisotopic (exact) mass is 255 g/mol. The minimum atomic E-state index is -0.417. The molecule has 0 bridgehead atoms. The number of thiazole rings is 1. The summed E-state index contributed by atoms with van der Waals surface area (Å²) < 4.78 is 6.02. The van der Waals surface area contributed by atoms with Crippen molar-refractivity contribution in [2.45, 2.75) is 10.1 Å². The number of rotatable bonds is 4. The molecule has 5 nitrogen and oxygen atoms in total. The van der Waals surface area contributed by atoms with E-state index in [4.69, 9.17) is 10.3 Å². The van der Waals surface area contributed by atoms with Crippen LogP contribution in [0.5, 0.6) is 0 Å². The first-order chi connectivity index (χ1) is 7.81. The number of hydrogen-bond donors (Lipinski definition) is 2. The number of nitrogens with one attached hydrogen (secondary N) is 1. The fourth-order valence-electron chi connectivity index (χ4n) is 1.14. The van der Waals surface area contributed by atoms with Gasteiger partial charge >= 0.3 is 5.91 Å². The van der Waals surface area contributed by atoms with Gasteiger partial charge in [-0.05, 0) is 6.07 Å². The molecule has 16 heavy (non-hydrogen) atoms. The maximum Gasteiger partial charge on any atom is 0.301 e. The van der Waals surface area contributed by atoms with Gasteiger partial charge < -0.3 is 4.42 Å². The van der Waals surface area contributed by atoms with Crippen LogP contribution in [-0.4, -0.2) is 10.9 Å². The smallest absolute Gasteiger partial charge is 0.301 e. The second-order valence-corrected chi connectivity index (χ2v) is 4.95. The third kappa shape index (κ3) is 2.43. The van der Waals surface area contributed by atoms with Gasteiger partial charge in [-0.3, -0.25) is 10.2 Å². The van der Waals surface area contributed by atoms with Crippen LogP contribution in [0.15, 0.2) is 32.7 Å². The molecule has 2 aromatic heterocycles.